The molecule has 5 heteroatoms. The lowest BCUT2D eigenvalue weighted by Crippen LogP contribution is -2.04. The highest BCUT2D eigenvalue weighted by molar-refractivity contribution is 7.26. The minimum absolute atomic E-state index is 0.204. The number of para-hydroxylation sites is 1. The zero-order valence-corrected chi connectivity index (χ0v) is 34.9. The Hall–Kier alpha value is -7.86. The zero-order chi connectivity index (χ0) is 41.4. The third kappa shape index (κ3) is 5.89. The van der Waals surface area contributed by atoms with Gasteiger partial charge in [-0.1, -0.05) is 158 Å². The highest BCUT2D eigenvalue weighted by Gasteiger charge is 2.22. The summed E-state index contributed by atoms with van der Waals surface area (Å²) in [5, 5.41) is 7.03. The van der Waals surface area contributed by atoms with Crippen molar-refractivity contribution in [2.75, 3.05) is 0 Å². The van der Waals surface area contributed by atoms with Crippen molar-refractivity contribution in [2.45, 2.75) is 12.3 Å². The Morgan fingerprint density at radius 3 is 2.08 bits per heavy atom. The van der Waals surface area contributed by atoms with E-state index in [0.29, 0.717) is 0 Å². The highest BCUT2D eigenvalue weighted by Crippen LogP contribution is 2.46. The van der Waals surface area contributed by atoms with Crippen molar-refractivity contribution in [3.05, 3.63) is 212 Å². The van der Waals surface area contributed by atoms with Crippen LogP contribution in [0.2, 0.25) is 0 Å². The second kappa shape index (κ2) is 14.4. The van der Waals surface area contributed by atoms with Crippen molar-refractivity contribution < 1.29 is 4.42 Å². The van der Waals surface area contributed by atoms with Gasteiger partial charge in [0.15, 0.2) is 5.82 Å². The Morgan fingerprint density at radius 2 is 1.25 bits per heavy atom. The van der Waals surface area contributed by atoms with Crippen LogP contribution in [0.1, 0.15) is 18.0 Å². The summed E-state index contributed by atoms with van der Waals surface area (Å²) in [6, 6.07) is 65.4. The summed E-state index contributed by atoms with van der Waals surface area (Å²) < 4.78 is 11.7. The summed E-state index contributed by atoms with van der Waals surface area (Å²) in [6.45, 7) is 0. The van der Waals surface area contributed by atoms with Gasteiger partial charge in [0.05, 0.1) is 27.8 Å². The molecule has 0 saturated heterocycles. The number of hydrogen-bond acceptors (Lipinski definition) is 4. The van der Waals surface area contributed by atoms with Crippen LogP contribution in [0.15, 0.2) is 211 Å². The topological polar surface area (TPSA) is 43.9 Å². The van der Waals surface area contributed by atoms with E-state index in [9.17, 15) is 0 Å². The number of furan rings is 1. The number of nitrogens with zero attached hydrogens (tertiary/aromatic N) is 3. The molecule has 0 amide bonds. The van der Waals surface area contributed by atoms with E-state index >= 15 is 0 Å². The molecule has 1 unspecified atom stereocenters. The lowest BCUT2D eigenvalue weighted by atomic mass is 9.95. The molecule has 296 valence electrons. The van der Waals surface area contributed by atoms with Gasteiger partial charge in [-0.3, -0.25) is 0 Å². The van der Waals surface area contributed by atoms with Crippen molar-refractivity contribution in [1.82, 2.24) is 14.5 Å². The fourth-order valence-corrected chi connectivity index (χ4v) is 10.9. The first kappa shape index (κ1) is 35.9. The number of benzene rings is 8. The molecule has 1 aliphatic rings. The van der Waals surface area contributed by atoms with E-state index in [1.165, 1.54) is 36.9 Å². The number of aromatic nitrogens is 3. The first-order valence-corrected chi connectivity index (χ1v) is 22.3. The molecule has 4 aromatic heterocycles. The lowest BCUT2D eigenvalue weighted by molar-refractivity contribution is 0.673. The van der Waals surface area contributed by atoms with Crippen LogP contribution in [0.3, 0.4) is 0 Å². The molecule has 4 nitrogen and oxygen atoms in total. The summed E-state index contributed by atoms with van der Waals surface area (Å²) in [6.07, 6.45) is 9.61. The number of allylic oxidation sites excluding steroid dienone is 4. The molecule has 63 heavy (non-hydrogen) atoms. The molecule has 12 aromatic rings. The normalized spacial score (nSPS) is 14.0. The Morgan fingerprint density at radius 1 is 0.524 bits per heavy atom. The van der Waals surface area contributed by atoms with Gasteiger partial charge in [0.2, 0.25) is 0 Å². The third-order valence-corrected chi connectivity index (χ3v) is 14.0. The molecule has 1 atom stereocenters. The van der Waals surface area contributed by atoms with Crippen molar-refractivity contribution >= 4 is 75.3 Å². The van der Waals surface area contributed by atoms with Crippen LogP contribution in [-0.2, 0) is 0 Å². The number of hydrogen-bond donors (Lipinski definition) is 0. The smallest absolute Gasteiger partial charge is 0.160 e. The fourth-order valence-electron chi connectivity index (χ4n) is 9.67. The molecule has 13 rings (SSSR count). The Bertz CT molecular complexity index is 3820. The second-order valence-electron chi connectivity index (χ2n) is 16.4. The van der Waals surface area contributed by atoms with Gasteiger partial charge in [-0.25, -0.2) is 9.97 Å². The predicted molar refractivity (Wildman–Crippen MR) is 264 cm³/mol. The SMILES string of the molecule is C1=CCC(c2cc(-c3ccccc3)nc(-c3ccc(-c4cc(-n5c6cc(-c7ccccc7)ccc6c6c7oc8ccccc8c7ccc65)cc5c4sc4ccccc45)cc3)n2)C=C1. The summed E-state index contributed by atoms with van der Waals surface area (Å²) in [4.78, 5) is 10.4. The minimum Gasteiger partial charge on any atom is -0.455 e. The number of thiophene rings is 1. The first-order chi connectivity index (χ1) is 31.2. The van der Waals surface area contributed by atoms with Crippen LogP contribution in [-0.4, -0.2) is 14.5 Å². The molecule has 0 spiro atoms. The van der Waals surface area contributed by atoms with E-state index < -0.39 is 0 Å². The molecular formula is C58H37N3OS. The van der Waals surface area contributed by atoms with Gasteiger partial charge in [0, 0.05) is 64.6 Å². The van der Waals surface area contributed by atoms with Crippen LogP contribution in [0.4, 0.5) is 0 Å². The van der Waals surface area contributed by atoms with E-state index in [1.54, 1.807) is 0 Å². The summed E-state index contributed by atoms with van der Waals surface area (Å²) >= 11 is 1.86. The molecule has 0 N–H and O–H groups in total. The van der Waals surface area contributed by atoms with Gasteiger partial charge in [-0.2, -0.15) is 0 Å². The summed E-state index contributed by atoms with van der Waals surface area (Å²) in [5.41, 5.74) is 13.9. The Labute approximate surface area is 367 Å². The summed E-state index contributed by atoms with van der Waals surface area (Å²) in [5.74, 6) is 0.938. The minimum atomic E-state index is 0.204. The van der Waals surface area contributed by atoms with E-state index in [-0.39, 0.29) is 5.92 Å². The van der Waals surface area contributed by atoms with Gasteiger partial charge in [0.25, 0.3) is 0 Å². The van der Waals surface area contributed by atoms with Gasteiger partial charge >= 0.3 is 0 Å². The molecule has 0 bridgehead atoms. The number of rotatable bonds is 6. The molecular weight excluding hydrogens is 787 g/mol. The maximum Gasteiger partial charge on any atom is 0.160 e. The van der Waals surface area contributed by atoms with Crippen LogP contribution < -0.4 is 0 Å². The molecule has 0 fully saturated rings. The largest absolute Gasteiger partial charge is 0.455 e. The van der Waals surface area contributed by atoms with Crippen LogP contribution in [0.5, 0.6) is 0 Å². The van der Waals surface area contributed by atoms with Gasteiger partial charge in [-0.15, -0.1) is 11.3 Å². The van der Waals surface area contributed by atoms with Crippen molar-refractivity contribution in [2.24, 2.45) is 0 Å². The maximum atomic E-state index is 6.74. The first-order valence-electron chi connectivity index (χ1n) is 21.5. The average molecular weight is 824 g/mol. The maximum absolute atomic E-state index is 6.74. The molecule has 4 heterocycles. The van der Waals surface area contributed by atoms with Gasteiger partial charge in [-0.05, 0) is 71.6 Å². The monoisotopic (exact) mass is 823 g/mol. The summed E-state index contributed by atoms with van der Waals surface area (Å²) in [7, 11) is 0. The zero-order valence-electron chi connectivity index (χ0n) is 34.1. The van der Waals surface area contributed by atoms with Gasteiger partial charge < -0.3 is 8.98 Å². The van der Waals surface area contributed by atoms with Crippen molar-refractivity contribution in [3.8, 4) is 50.6 Å². The molecule has 1 aliphatic carbocycles. The molecule has 0 aliphatic heterocycles. The predicted octanol–water partition coefficient (Wildman–Crippen LogP) is 16.1. The highest BCUT2D eigenvalue weighted by atomic mass is 32.1. The second-order valence-corrected chi connectivity index (χ2v) is 17.5. The van der Waals surface area contributed by atoms with E-state index in [1.807, 2.05) is 23.5 Å². The molecule has 0 saturated carbocycles. The van der Waals surface area contributed by atoms with Crippen molar-refractivity contribution in [1.29, 1.82) is 0 Å². The standard InChI is InChI=1S/C58H37N3OS/c1-4-14-36(15-5-1)41-28-29-46-52(32-41)61(51-31-30-45-43-20-10-12-22-53(43)62-56(45)55(46)51)42-33-47(57-48(34-42)44-21-11-13-23-54(44)63-57)37-24-26-40(27-25-37)58-59-49(38-16-6-2-7-17-38)35-50(60-58)39-18-8-3-9-19-39/h1-18,20-35,39H,19H2. The third-order valence-electron chi connectivity index (χ3n) is 12.7. The van der Waals surface area contributed by atoms with Crippen LogP contribution >= 0.6 is 11.3 Å². The van der Waals surface area contributed by atoms with Crippen LogP contribution in [0, 0.1) is 0 Å². The van der Waals surface area contributed by atoms with Crippen LogP contribution in [0.25, 0.3) is 115 Å². The molecule has 0 radical (unpaired) electrons. The van der Waals surface area contributed by atoms with Crippen molar-refractivity contribution in [3.63, 3.8) is 0 Å². The van der Waals surface area contributed by atoms with E-state index in [2.05, 4.69) is 199 Å². The Kier molecular flexibility index (Phi) is 8.18. The molecule has 8 aromatic carbocycles. The average Bonchev–Trinajstić information content (AvgIpc) is 4.04. The van der Waals surface area contributed by atoms with Gasteiger partial charge in [0.1, 0.15) is 11.2 Å². The van der Waals surface area contributed by atoms with E-state index in [4.69, 9.17) is 14.4 Å². The quantitative estimate of drug-likeness (QED) is 0.168. The lowest BCUT2D eigenvalue weighted by Gasteiger charge is -2.16. The van der Waals surface area contributed by atoms with E-state index in [0.717, 1.165) is 89.8 Å². The fraction of sp³-hybridized carbons (Fsp3) is 0.0345. The number of fused-ring (bicyclic) bond motifs is 10. The Balaban J connectivity index is 1.03.